The summed E-state index contributed by atoms with van der Waals surface area (Å²) in [6.45, 7) is 0.312. The minimum Gasteiger partial charge on any atom is -0.476 e. The number of carbonyl (C=O) groups excluding carboxylic acids is 1. The Kier molecular flexibility index (Phi) is 5.15. The maximum atomic E-state index is 12.3. The van der Waals surface area contributed by atoms with Crippen LogP contribution in [0.3, 0.4) is 0 Å². The number of carboxylic acid groups (broad SMARTS) is 1. The fraction of sp³-hybridized carbons (Fsp3) is 0.389. The molecule has 1 aromatic carbocycles. The van der Waals surface area contributed by atoms with E-state index in [0.717, 1.165) is 30.4 Å². The van der Waals surface area contributed by atoms with Crippen molar-refractivity contribution in [3.05, 3.63) is 40.9 Å². The lowest BCUT2D eigenvalue weighted by Crippen LogP contribution is -2.47. The molecule has 0 radical (unpaired) electrons. The minimum atomic E-state index is -1.25. The monoisotopic (exact) mass is 360 g/mol. The van der Waals surface area contributed by atoms with Crippen molar-refractivity contribution >= 4 is 23.2 Å². The highest BCUT2D eigenvalue weighted by atomic mass is 32.1. The van der Waals surface area contributed by atoms with Gasteiger partial charge in [-0.05, 0) is 24.5 Å². The maximum Gasteiger partial charge on any atom is 0.355 e. The highest BCUT2D eigenvalue weighted by Crippen LogP contribution is 2.28. The smallest absolute Gasteiger partial charge is 0.355 e. The molecule has 0 aliphatic heterocycles. The number of thiazole rings is 1. The van der Waals surface area contributed by atoms with Crippen LogP contribution in [0.25, 0.3) is 10.6 Å². The summed E-state index contributed by atoms with van der Waals surface area (Å²) >= 11 is 1.27. The number of rotatable bonds is 5. The second kappa shape index (κ2) is 7.33. The first-order valence-electron chi connectivity index (χ1n) is 8.27. The van der Waals surface area contributed by atoms with Gasteiger partial charge in [-0.3, -0.25) is 4.79 Å². The predicted molar refractivity (Wildman–Crippen MR) is 94.4 cm³/mol. The van der Waals surface area contributed by atoms with Gasteiger partial charge in [-0.2, -0.15) is 0 Å². The van der Waals surface area contributed by atoms with Gasteiger partial charge in [0, 0.05) is 17.5 Å². The maximum absolute atomic E-state index is 12.3. The second-order valence-electron chi connectivity index (χ2n) is 6.32. The highest BCUT2D eigenvalue weighted by Gasteiger charge is 2.36. The third-order valence-corrected chi connectivity index (χ3v) is 5.35. The Morgan fingerprint density at radius 2 is 2.00 bits per heavy atom. The van der Waals surface area contributed by atoms with Crippen LogP contribution >= 0.6 is 11.3 Å². The summed E-state index contributed by atoms with van der Waals surface area (Å²) in [7, 11) is 0. The number of nitrogens with zero attached hydrogens (tertiary/aromatic N) is 1. The third-order valence-electron chi connectivity index (χ3n) is 4.45. The van der Waals surface area contributed by atoms with Crippen molar-refractivity contribution in [3.63, 3.8) is 0 Å². The average Bonchev–Trinajstić information content (AvgIpc) is 3.11. The van der Waals surface area contributed by atoms with E-state index in [-0.39, 0.29) is 11.6 Å². The molecule has 0 spiro atoms. The first-order chi connectivity index (χ1) is 12.0. The van der Waals surface area contributed by atoms with Crippen molar-refractivity contribution in [1.82, 2.24) is 10.3 Å². The number of aromatic carboxylic acids is 1. The Morgan fingerprint density at radius 3 is 2.68 bits per heavy atom. The fourth-order valence-corrected chi connectivity index (χ4v) is 3.82. The Labute approximate surface area is 149 Å². The Hall–Kier alpha value is -2.25. The molecule has 1 saturated carbocycles. The predicted octanol–water partition coefficient (Wildman–Crippen LogP) is 2.82. The third kappa shape index (κ3) is 4.05. The van der Waals surface area contributed by atoms with Crippen molar-refractivity contribution < 1.29 is 19.8 Å². The average molecular weight is 360 g/mol. The Bertz CT molecular complexity index is 781. The molecule has 7 heteroatoms. The molecule has 2 aromatic rings. The molecule has 1 aromatic heterocycles. The number of hydrogen-bond donors (Lipinski definition) is 3. The Morgan fingerprint density at radius 1 is 1.24 bits per heavy atom. The molecule has 1 aliphatic rings. The van der Waals surface area contributed by atoms with Crippen LogP contribution in [0.5, 0.6) is 0 Å². The number of aromatic nitrogens is 1. The molecule has 6 nitrogen and oxygen atoms in total. The van der Waals surface area contributed by atoms with E-state index >= 15 is 0 Å². The van der Waals surface area contributed by atoms with E-state index < -0.39 is 11.6 Å². The lowest BCUT2D eigenvalue weighted by molar-refractivity contribution is -0.143. The lowest BCUT2D eigenvalue weighted by atomic mass is 9.84. The number of amides is 1. The van der Waals surface area contributed by atoms with Gasteiger partial charge >= 0.3 is 5.97 Å². The van der Waals surface area contributed by atoms with Gasteiger partial charge in [-0.1, -0.05) is 37.5 Å². The van der Waals surface area contributed by atoms with E-state index in [1.807, 2.05) is 24.3 Å². The summed E-state index contributed by atoms with van der Waals surface area (Å²) in [5.41, 5.74) is 0.456. The highest BCUT2D eigenvalue weighted by molar-refractivity contribution is 7.13. The van der Waals surface area contributed by atoms with Gasteiger partial charge in [0.2, 0.25) is 0 Å². The van der Waals surface area contributed by atoms with Crippen LogP contribution in [0.1, 0.15) is 48.2 Å². The van der Waals surface area contributed by atoms with Crippen LogP contribution in [-0.4, -0.2) is 32.7 Å². The number of carbonyl (C=O) groups is 2. The Balaban J connectivity index is 1.67. The molecule has 3 rings (SSSR count). The minimum absolute atomic E-state index is 0.0261. The van der Waals surface area contributed by atoms with E-state index in [9.17, 15) is 14.7 Å². The van der Waals surface area contributed by atoms with Crippen molar-refractivity contribution in [2.45, 2.75) is 44.2 Å². The molecule has 3 N–H and O–H groups in total. The van der Waals surface area contributed by atoms with Crippen LogP contribution < -0.4 is 5.32 Å². The van der Waals surface area contributed by atoms with Gasteiger partial charge in [0.15, 0.2) is 5.69 Å². The van der Waals surface area contributed by atoms with E-state index in [2.05, 4.69) is 10.3 Å². The molecule has 0 bridgehead atoms. The zero-order valence-corrected chi connectivity index (χ0v) is 14.5. The van der Waals surface area contributed by atoms with Gasteiger partial charge in [0.25, 0.3) is 5.91 Å². The topological polar surface area (TPSA) is 99.5 Å². The first kappa shape index (κ1) is 17.6. The zero-order chi connectivity index (χ0) is 17.9. The summed E-state index contributed by atoms with van der Waals surface area (Å²) in [6, 6.07) is 7.44. The van der Waals surface area contributed by atoms with Crippen molar-refractivity contribution in [2.75, 3.05) is 0 Å². The summed E-state index contributed by atoms with van der Waals surface area (Å²) in [5, 5.41) is 24.3. The lowest BCUT2D eigenvalue weighted by Gasteiger charge is -2.30. The summed E-state index contributed by atoms with van der Waals surface area (Å²) < 4.78 is 0. The summed E-state index contributed by atoms with van der Waals surface area (Å²) in [5.74, 6) is -1.37. The van der Waals surface area contributed by atoms with Crippen LogP contribution in [0, 0.1) is 0 Å². The quantitative estimate of drug-likeness (QED) is 0.761. The molecule has 0 unspecified atom stereocenters. The summed E-state index contributed by atoms with van der Waals surface area (Å²) in [4.78, 5) is 27.3. The standard InChI is InChI=1S/C18H20N2O4S/c21-16(22)14-11-25-15(20-14)13-6-4-5-12(9-13)10-19-17(23)18(24)7-2-1-3-8-18/h4-6,9,11,24H,1-3,7-8,10H2,(H,19,23)(H,21,22). The SMILES string of the molecule is O=C(O)c1csc(-c2cccc(CNC(=O)C3(O)CCCCC3)c2)n1. The second-order valence-corrected chi connectivity index (χ2v) is 7.18. The van der Waals surface area contributed by atoms with Gasteiger partial charge in [-0.25, -0.2) is 9.78 Å². The van der Waals surface area contributed by atoms with E-state index in [1.165, 1.54) is 16.7 Å². The van der Waals surface area contributed by atoms with E-state index in [4.69, 9.17) is 5.11 Å². The molecule has 1 aliphatic carbocycles. The number of aliphatic hydroxyl groups is 1. The van der Waals surface area contributed by atoms with E-state index in [0.29, 0.717) is 24.4 Å². The molecule has 1 amide bonds. The van der Waals surface area contributed by atoms with Crippen molar-refractivity contribution in [3.8, 4) is 10.6 Å². The van der Waals surface area contributed by atoms with Gasteiger partial charge in [0.05, 0.1) is 0 Å². The zero-order valence-electron chi connectivity index (χ0n) is 13.7. The normalized spacial score (nSPS) is 16.4. The van der Waals surface area contributed by atoms with Gasteiger partial charge in [-0.15, -0.1) is 11.3 Å². The van der Waals surface area contributed by atoms with Crippen LogP contribution in [0.15, 0.2) is 29.6 Å². The van der Waals surface area contributed by atoms with E-state index in [1.54, 1.807) is 0 Å². The molecule has 1 heterocycles. The number of benzene rings is 1. The number of nitrogens with one attached hydrogen (secondary N) is 1. The fourth-order valence-electron chi connectivity index (χ4n) is 3.03. The molecular weight excluding hydrogens is 340 g/mol. The van der Waals surface area contributed by atoms with Crippen molar-refractivity contribution in [1.29, 1.82) is 0 Å². The largest absolute Gasteiger partial charge is 0.476 e. The molecule has 1 fully saturated rings. The van der Waals surface area contributed by atoms with Crippen molar-refractivity contribution in [2.24, 2.45) is 0 Å². The number of carboxylic acids is 1. The van der Waals surface area contributed by atoms with Crippen LogP contribution in [0.2, 0.25) is 0 Å². The number of hydrogen-bond acceptors (Lipinski definition) is 5. The van der Waals surface area contributed by atoms with Gasteiger partial charge in [0.1, 0.15) is 10.6 Å². The molecule has 0 saturated heterocycles. The molecular formula is C18H20N2O4S. The first-order valence-corrected chi connectivity index (χ1v) is 9.15. The molecule has 132 valence electrons. The summed E-state index contributed by atoms with van der Waals surface area (Å²) in [6.07, 6.45) is 3.82. The molecule has 0 atom stereocenters. The van der Waals surface area contributed by atoms with Gasteiger partial charge < -0.3 is 15.5 Å². The van der Waals surface area contributed by atoms with Crippen LogP contribution in [-0.2, 0) is 11.3 Å². The van der Waals surface area contributed by atoms with Crippen LogP contribution in [0.4, 0.5) is 0 Å². The molecule has 25 heavy (non-hydrogen) atoms.